The molecule has 0 bridgehead atoms. The van der Waals surface area contributed by atoms with Crippen LogP contribution >= 0.6 is 0 Å². The van der Waals surface area contributed by atoms with Crippen molar-refractivity contribution in [1.82, 2.24) is 25.5 Å². The first-order valence-corrected chi connectivity index (χ1v) is 6.81. The molecule has 0 saturated carbocycles. The maximum absolute atomic E-state index is 13.8. The number of hydrogen-bond acceptors (Lipinski definition) is 5. The summed E-state index contributed by atoms with van der Waals surface area (Å²) < 4.78 is 15.2. The van der Waals surface area contributed by atoms with Gasteiger partial charge in [-0.05, 0) is 48.0 Å². The summed E-state index contributed by atoms with van der Waals surface area (Å²) in [7, 11) is 0. The predicted molar refractivity (Wildman–Crippen MR) is 73.4 cm³/mol. The Morgan fingerprint density at radius 3 is 3.05 bits per heavy atom. The van der Waals surface area contributed by atoms with Crippen molar-refractivity contribution < 1.29 is 9.18 Å². The molecule has 1 fully saturated rings. The third-order valence-electron chi connectivity index (χ3n) is 3.45. The van der Waals surface area contributed by atoms with Crippen LogP contribution in [0.1, 0.15) is 19.3 Å². The van der Waals surface area contributed by atoms with Crippen LogP contribution in [-0.2, 0) is 4.79 Å². The van der Waals surface area contributed by atoms with Crippen LogP contribution in [0.25, 0.3) is 5.69 Å². The summed E-state index contributed by atoms with van der Waals surface area (Å²) in [6.45, 7) is 0.811. The molecule has 1 amide bonds. The molecule has 2 heterocycles. The van der Waals surface area contributed by atoms with Gasteiger partial charge in [-0.2, -0.15) is 0 Å². The fourth-order valence-electron chi connectivity index (χ4n) is 2.33. The van der Waals surface area contributed by atoms with E-state index in [1.807, 2.05) is 0 Å². The summed E-state index contributed by atoms with van der Waals surface area (Å²) in [5.41, 5.74) is 0.702. The molecule has 8 heteroatoms. The normalized spacial score (nSPS) is 18.4. The number of piperidine rings is 1. The van der Waals surface area contributed by atoms with E-state index < -0.39 is 5.82 Å². The fourth-order valence-corrected chi connectivity index (χ4v) is 2.33. The number of nitrogens with zero attached hydrogens (tertiary/aromatic N) is 4. The molecular formula is C13H15FN6O. The molecule has 1 atom stereocenters. The first-order valence-electron chi connectivity index (χ1n) is 6.81. The van der Waals surface area contributed by atoms with Gasteiger partial charge in [0, 0.05) is 0 Å². The highest BCUT2D eigenvalue weighted by atomic mass is 19.1. The minimum atomic E-state index is -0.490. The summed E-state index contributed by atoms with van der Waals surface area (Å²) in [5, 5.41) is 16.5. The SMILES string of the molecule is O=C(Nc1cc(-n2cnnn2)ccc1F)[C@H]1CCCCN1. The van der Waals surface area contributed by atoms with Crippen molar-refractivity contribution in [2.24, 2.45) is 0 Å². The second kappa shape index (κ2) is 5.96. The molecule has 0 radical (unpaired) electrons. The number of benzene rings is 1. The number of anilines is 1. The Balaban J connectivity index is 1.78. The molecule has 1 aromatic heterocycles. The Labute approximate surface area is 120 Å². The molecule has 21 heavy (non-hydrogen) atoms. The van der Waals surface area contributed by atoms with Crippen molar-refractivity contribution in [2.45, 2.75) is 25.3 Å². The summed E-state index contributed by atoms with van der Waals surface area (Å²) in [5.74, 6) is -0.710. The fraction of sp³-hybridized carbons (Fsp3) is 0.385. The molecule has 2 aromatic rings. The molecule has 1 aromatic carbocycles. The number of halogens is 1. The van der Waals surface area contributed by atoms with Crippen LogP contribution < -0.4 is 10.6 Å². The van der Waals surface area contributed by atoms with Gasteiger partial charge in [0.25, 0.3) is 0 Å². The summed E-state index contributed by atoms with van der Waals surface area (Å²) >= 11 is 0. The molecule has 0 unspecified atom stereocenters. The molecule has 3 rings (SSSR count). The standard InChI is InChI=1S/C13H15FN6O/c14-10-5-4-9(20-8-16-18-19-20)7-12(10)17-13(21)11-3-1-2-6-15-11/h4-5,7-8,11,15H,1-3,6H2,(H,17,21)/t11-/m1/s1. The van der Waals surface area contributed by atoms with Crippen LogP contribution in [0, 0.1) is 5.82 Å². The lowest BCUT2D eigenvalue weighted by atomic mass is 10.0. The van der Waals surface area contributed by atoms with E-state index in [0.717, 1.165) is 25.8 Å². The number of tetrazole rings is 1. The molecule has 0 aliphatic carbocycles. The largest absolute Gasteiger partial charge is 0.322 e. The maximum atomic E-state index is 13.8. The molecule has 110 valence electrons. The first kappa shape index (κ1) is 13.6. The zero-order chi connectivity index (χ0) is 14.7. The third-order valence-corrected chi connectivity index (χ3v) is 3.45. The zero-order valence-corrected chi connectivity index (χ0v) is 11.3. The molecular weight excluding hydrogens is 275 g/mol. The predicted octanol–water partition coefficient (Wildman–Crippen LogP) is 0.882. The van der Waals surface area contributed by atoms with E-state index >= 15 is 0 Å². The molecule has 1 aliphatic rings. The molecule has 1 saturated heterocycles. The lowest BCUT2D eigenvalue weighted by molar-refractivity contribution is -0.118. The van der Waals surface area contributed by atoms with E-state index in [1.165, 1.54) is 23.1 Å². The Kier molecular flexibility index (Phi) is 3.87. The van der Waals surface area contributed by atoms with E-state index in [4.69, 9.17) is 0 Å². The summed E-state index contributed by atoms with van der Waals surface area (Å²) in [4.78, 5) is 12.1. The third kappa shape index (κ3) is 3.05. The monoisotopic (exact) mass is 290 g/mol. The van der Waals surface area contributed by atoms with E-state index in [-0.39, 0.29) is 17.6 Å². The van der Waals surface area contributed by atoms with Gasteiger partial charge >= 0.3 is 0 Å². The second-order valence-electron chi connectivity index (χ2n) is 4.91. The van der Waals surface area contributed by atoms with Gasteiger partial charge in [-0.15, -0.1) is 5.10 Å². The van der Waals surface area contributed by atoms with Crippen molar-refractivity contribution >= 4 is 11.6 Å². The van der Waals surface area contributed by atoms with E-state index in [9.17, 15) is 9.18 Å². The number of hydrogen-bond donors (Lipinski definition) is 2. The van der Waals surface area contributed by atoms with Gasteiger partial charge in [0.15, 0.2) is 0 Å². The van der Waals surface area contributed by atoms with E-state index in [1.54, 1.807) is 6.07 Å². The second-order valence-corrected chi connectivity index (χ2v) is 4.91. The highest BCUT2D eigenvalue weighted by molar-refractivity contribution is 5.95. The van der Waals surface area contributed by atoms with Gasteiger partial charge < -0.3 is 10.6 Å². The molecule has 1 aliphatic heterocycles. The average Bonchev–Trinajstić information content (AvgIpc) is 3.04. The highest BCUT2D eigenvalue weighted by Crippen LogP contribution is 2.19. The smallest absolute Gasteiger partial charge is 0.241 e. The first-order chi connectivity index (χ1) is 10.2. The van der Waals surface area contributed by atoms with Crippen LogP contribution in [0.3, 0.4) is 0 Å². The maximum Gasteiger partial charge on any atom is 0.241 e. The Morgan fingerprint density at radius 1 is 1.43 bits per heavy atom. The minimum Gasteiger partial charge on any atom is -0.322 e. The van der Waals surface area contributed by atoms with Crippen LogP contribution in [0.4, 0.5) is 10.1 Å². The van der Waals surface area contributed by atoms with Crippen molar-refractivity contribution in [3.63, 3.8) is 0 Å². The lowest BCUT2D eigenvalue weighted by Crippen LogP contribution is -2.43. The van der Waals surface area contributed by atoms with E-state index in [0.29, 0.717) is 5.69 Å². The Hall–Kier alpha value is -2.35. The Morgan fingerprint density at radius 2 is 2.33 bits per heavy atom. The van der Waals surface area contributed by atoms with Crippen LogP contribution in [0.5, 0.6) is 0 Å². The lowest BCUT2D eigenvalue weighted by Gasteiger charge is -2.22. The molecule has 7 nitrogen and oxygen atoms in total. The summed E-state index contributed by atoms with van der Waals surface area (Å²) in [6.07, 6.45) is 4.23. The molecule has 2 N–H and O–H groups in total. The van der Waals surface area contributed by atoms with Crippen molar-refractivity contribution in [3.8, 4) is 5.69 Å². The van der Waals surface area contributed by atoms with Crippen molar-refractivity contribution in [3.05, 3.63) is 30.3 Å². The Bertz CT molecular complexity index is 624. The van der Waals surface area contributed by atoms with Crippen LogP contribution in [0.2, 0.25) is 0 Å². The van der Waals surface area contributed by atoms with E-state index in [2.05, 4.69) is 26.2 Å². The average molecular weight is 290 g/mol. The van der Waals surface area contributed by atoms with Gasteiger partial charge in [-0.3, -0.25) is 4.79 Å². The number of rotatable bonds is 3. The quantitative estimate of drug-likeness (QED) is 0.876. The number of carbonyl (C=O) groups excluding carboxylic acids is 1. The summed E-state index contributed by atoms with van der Waals surface area (Å²) in [6, 6.07) is 4.06. The topological polar surface area (TPSA) is 84.7 Å². The van der Waals surface area contributed by atoms with Gasteiger partial charge in [-0.1, -0.05) is 6.42 Å². The number of nitrogens with one attached hydrogen (secondary N) is 2. The highest BCUT2D eigenvalue weighted by Gasteiger charge is 2.21. The van der Waals surface area contributed by atoms with Crippen LogP contribution in [-0.4, -0.2) is 38.7 Å². The van der Waals surface area contributed by atoms with Gasteiger partial charge in [-0.25, -0.2) is 9.07 Å². The van der Waals surface area contributed by atoms with Gasteiger partial charge in [0.05, 0.1) is 17.4 Å². The number of aromatic nitrogens is 4. The van der Waals surface area contributed by atoms with Crippen molar-refractivity contribution in [2.75, 3.05) is 11.9 Å². The van der Waals surface area contributed by atoms with Crippen LogP contribution in [0.15, 0.2) is 24.5 Å². The molecule has 0 spiro atoms. The van der Waals surface area contributed by atoms with Gasteiger partial charge in [0.2, 0.25) is 5.91 Å². The minimum absolute atomic E-state index is 0.125. The number of carbonyl (C=O) groups is 1. The van der Waals surface area contributed by atoms with Gasteiger partial charge in [0.1, 0.15) is 12.1 Å². The number of amides is 1. The van der Waals surface area contributed by atoms with Crippen molar-refractivity contribution in [1.29, 1.82) is 0 Å². The zero-order valence-electron chi connectivity index (χ0n) is 11.3.